The summed E-state index contributed by atoms with van der Waals surface area (Å²) in [6.45, 7) is 1.74. The number of aryl methyl sites for hydroxylation is 1. The molecule has 0 unspecified atom stereocenters. The first-order chi connectivity index (χ1) is 12.0. The maximum Gasteiger partial charge on any atom is 0.262 e. The first kappa shape index (κ1) is 16.6. The third kappa shape index (κ3) is 4.00. The molecule has 0 spiro atoms. The highest BCUT2D eigenvalue weighted by Crippen LogP contribution is 2.31. The van der Waals surface area contributed by atoms with Gasteiger partial charge in [-0.15, -0.1) is 0 Å². The van der Waals surface area contributed by atoms with E-state index in [9.17, 15) is 9.59 Å². The van der Waals surface area contributed by atoms with Crippen LogP contribution in [-0.2, 0) is 9.59 Å². The van der Waals surface area contributed by atoms with Crippen LogP contribution >= 0.6 is 0 Å². The van der Waals surface area contributed by atoms with Gasteiger partial charge >= 0.3 is 0 Å². The molecule has 130 valence electrons. The fourth-order valence-corrected chi connectivity index (χ4v) is 2.41. The highest BCUT2D eigenvalue weighted by molar-refractivity contribution is 5.96. The largest absolute Gasteiger partial charge is 0.495 e. The van der Waals surface area contributed by atoms with Gasteiger partial charge in [-0.05, 0) is 36.8 Å². The molecule has 7 heteroatoms. The van der Waals surface area contributed by atoms with Gasteiger partial charge in [-0.2, -0.15) is 0 Å². The van der Waals surface area contributed by atoms with Crippen molar-refractivity contribution in [3.05, 3.63) is 42.0 Å². The summed E-state index contributed by atoms with van der Waals surface area (Å²) in [5.74, 6) is 1.06. The second-order valence-corrected chi connectivity index (χ2v) is 5.54. The fraction of sp³-hybridized carbons (Fsp3) is 0.222. The average molecular weight is 342 g/mol. The number of rotatable bonds is 5. The van der Waals surface area contributed by atoms with Gasteiger partial charge in [-0.1, -0.05) is 6.07 Å². The third-order valence-electron chi connectivity index (χ3n) is 3.58. The Bertz CT molecular complexity index is 819. The third-order valence-corrected chi connectivity index (χ3v) is 3.58. The number of benzene rings is 2. The molecule has 0 saturated carbocycles. The van der Waals surface area contributed by atoms with Crippen LogP contribution in [0.3, 0.4) is 0 Å². The van der Waals surface area contributed by atoms with Crippen molar-refractivity contribution in [3.8, 4) is 17.2 Å². The van der Waals surface area contributed by atoms with Gasteiger partial charge in [0.05, 0.1) is 18.5 Å². The molecule has 1 heterocycles. The van der Waals surface area contributed by atoms with Crippen LogP contribution in [0.5, 0.6) is 17.2 Å². The Morgan fingerprint density at radius 1 is 1.28 bits per heavy atom. The first-order valence-corrected chi connectivity index (χ1v) is 7.69. The van der Waals surface area contributed by atoms with E-state index in [4.69, 9.17) is 14.2 Å². The predicted octanol–water partition coefficient (Wildman–Crippen LogP) is 2.35. The molecule has 2 amide bonds. The molecule has 0 atom stereocenters. The van der Waals surface area contributed by atoms with Gasteiger partial charge < -0.3 is 24.8 Å². The Morgan fingerprint density at radius 2 is 2.12 bits per heavy atom. The number of hydrogen-bond acceptors (Lipinski definition) is 5. The zero-order valence-electron chi connectivity index (χ0n) is 13.9. The molecule has 0 radical (unpaired) electrons. The van der Waals surface area contributed by atoms with E-state index in [-0.39, 0.29) is 25.0 Å². The Labute approximate surface area is 144 Å². The summed E-state index contributed by atoms with van der Waals surface area (Å²) in [7, 11) is 1.54. The van der Waals surface area contributed by atoms with Gasteiger partial charge in [-0.25, -0.2) is 0 Å². The molecule has 2 N–H and O–H groups in total. The number of methoxy groups -OCH3 is 1. The van der Waals surface area contributed by atoms with E-state index >= 15 is 0 Å². The SMILES string of the molecule is COc1ccc(C)cc1NC(=O)COc1ccc2c(c1)NC(=O)CO2. The van der Waals surface area contributed by atoms with E-state index in [1.807, 2.05) is 19.1 Å². The molecule has 1 aliphatic rings. The van der Waals surface area contributed by atoms with Gasteiger partial charge in [0.15, 0.2) is 13.2 Å². The number of anilines is 2. The Morgan fingerprint density at radius 3 is 2.92 bits per heavy atom. The lowest BCUT2D eigenvalue weighted by Crippen LogP contribution is -2.25. The number of hydrogen-bond donors (Lipinski definition) is 2. The summed E-state index contributed by atoms with van der Waals surface area (Å²) >= 11 is 0. The van der Waals surface area contributed by atoms with Crippen LogP contribution in [0.4, 0.5) is 11.4 Å². The number of carbonyl (C=O) groups excluding carboxylic acids is 2. The first-order valence-electron chi connectivity index (χ1n) is 7.69. The van der Waals surface area contributed by atoms with Crippen molar-refractivity contribution in [1.82, 2.24) is 0 Å². The number of amides is 2. The number of nitrogens with one attached hydrogen (secondary N) is 2. The second kappa shape index (κ2) is 7.12. The lowest BCUT2D eigenvalue weighted by atomic mass is 10.2. The summed E-state index contributed by atoms with van der Waals surface area (Å²) in [4.78, 5) is 23.5. The maximum absolute atomic E-state index is 12.1. The Hall–Kier alpha value is -3.22. The predicted molar refractivity (Wildman–Crippen MR) is 92.4 cm³/mol. The van der Waals surface area contributed by atoms with Gasteiger partial charge in [0.25, 0.3) is 11.8 Å². The summed E-state index contributed by atoms with van der Waals surface area (Å²) in [6.07, 6.45) is 0. The van der Waals surface area contributed by atoms with Crippen LogP contribution in [0.15, 0.2) is 36.4 Å². The van der Waals surface area contributed by atoms with Gasteiger partial charge in [0.1, 0.15) is 17.2 Å². The zero-order valence-corrected chi connectivity index (χ0v) is 13.9. The molecule has 0 aliphatic carbocycles. The highest BCUT2D eigenvalue weighted by atomic mass is 16.5. The molecule has 0 saturated heterocycles. The van der Waals surface area contributed by atoms with Crippen molar-refractivity contribution < 1.29 is 23.8 Å². The quantitative estimate of drug-likeness (QED) is 0.871. The van der Waals surface area contributed by atoms with E-state index in [1.165, 1.54) is 0 Å². The van der Waals surface area contributed by atoms with Crippen molar-refractivity contribution in [1.29, 1.82) is 0 Å². The highest BCUT2D eigenvalue weighted by Gasteiger charge is 2.16. The Kier molecular flexibility index (Phi) is 4.74. The van der Waals surface area contributed by atoms with Crippen molar-refractivity contribution >= 4 is 23.2 Å². The molecule has 0 fully saturated rings. The van der Waals surface area contributed by atoms with Crippen molar-refractivity contribution in [2.45, 2.75) is 6.92 Å². The molecule has 25 heavy (non-hydrogen) atoms. The lowest BCUT2D eigenvalue weighted by Gasteiger charge is -2.18. The molecule has 7 nitrogen and oxygen atoms in total. The van der Waals surface area contributed by atoms with Crippen molar-refractivity contribution in [2.24, 2.45) is 0 Å². The number of ether oxygens (including phenoxy) is 3. The Balaban J connectivity index is 1.62. The van der Waals surface area contributed by atoms with Gasteiger partial charge in [0, 0.05) is 6.07 Å². The van der Waals surface area contributed by atoms with Crippen molar-refractivity contribution in [3.63, 3.8) is 0 Å². The van der Waals surface area contributed by atoms with Crippen LogP contribution < -0.4 is 24.8 Å². The minimum Gasteiger partial charge on any atom is -0.495 e. The van der Waals surface area contributed by atoms with Crippen LogP contribution in [0.2, 0.25) is 0 Å². The molecule has 3 rings (SSSR count). The molecule has 0 aromatic heterocycles. The molecule has 2 aromatic rings. The van der Waals surface area contributed by atoms with Crippen LogP contribution in [0.1, 0.15) is 5.56 Å². The van der Waals surface area contributed by atoms with Crippen LogP contribution in [-0.4, -0.2) is 32.1 Å². The zero-order chi connectivity index (χ0) is 17.8. The summed E-state index contributed by atoms with van der Waals surface area (Å²) in [6, 6.07) is 10.5. The molecule has 2 aromatic carbocycles. The smallest absolute Gasteiger partial charge is 0.262 e. The monoisotopic (exact) mass is 342 g/mol. The number of carbonyl (C=O) groups is 2. The van der Waals surface area contributed by atoms with Gasteiger partial charge in [-0.3, -0.25) is 9.59 Å². The topological polar surface area (TPSA) is 85.9 Å². The fourth-order valence-electron chi connectivity index (χ4n) is 2.41. The van der Waals surface area contributed by atoms with Gasteiger partial charge in [0.2, 0.25) is 0 Å². The number of fused-ring (bicyclic) bond motifs is 1. The minimum absolute atomic E-state index is 0.00602. The normalized spacial score (nSPS) is 12.5. The summed E-state index contributed by atoms with van der Waals surface area (Å²) in [5.41, 5.74) is 2.11. The maximum atomic E-state index is 12.1. The summed E-state index contributed by atoms with van der Waals surface area (Å²) in [5, 5.41) is 5.45. The molecular weight excluding hydrogens is 324 g/mol. The molecule has 1 aliphatic heterocycles. The standard InChI is InChI=1S/C18H18N2O5/c1-11-3-5-15(23-2)13(7-11)19-17(21)9-24-12-4-6-16-14(8-12)20-18(22)10-25-16/h3-8H,9-10H2,1-2H3,(H,19,21)(H,20,22). The summed E-state index contributed by atoms with van der Waals surface area (Å²) < 4.78 is 16.0. The van der Waals surface area contributed by atoms with E-state index in [0.717, 1.165) is 5.56 Å². The minimum atomic E-state index is -0.318. The molecule has 0 bridgehead atoms. The van der Waals surface area contributed by atoms with E-state index in [0.29, 0.717) is 28.6 Å². The second-order valence-electron chi connectivity index (χ2n) is 5.54. The average Bonchev–Trinajstić information content (AvgIpc) is 2.60. The van der Waals surface area contributed by atoms with Crippen LogP contribution in [0.25, 0.3) is 0 Å². The molecular formula is C18H18N2O5. The van der Waals surface area contributed by atoms with Crippen molar-refractivity contribution in [2.75, 3.05) is 31.0 Å². The lowest BCUT2D eigenvalue weighted by molar-refractivity contribution is -0.119. The van der Waals surface area contributed by atoms with Crippen LogP contribution in [0, 0.1) is 6.92 Å². The van der Waals surface area contributed by atoms with E-state index in [1.54, 1.807) is 31.4 Å². The van der Waals surface area contributed by atoms with E-state index < -0.39 is 0 Å². The van der Waals surface area contributed by atoms with E-state index in [2.05, 4.69) is 10.6 Å².